The minimum atomic E-state index is -0.842. The Hall–Kier alpha value is -4.74. The van der Waals surface area contributed by atoms with Crippen molar-refractivity contribution < 1.29 is 27.8 Å². The fraction of sp³-hybridized carbons (Fsp3) is 0.355. The van der Waals surface area contributed by atoms with Gasteiger partial charge in [-0.05, 0) is 83.0 Å². The Balaban J connectivity index is 1.69. The first-order valence-electron chi connectivity index (χ1n) is 13.8. The van der Waals surface area contributed by atoms with Gasteiger partial charge in [0.2, 0.25) is 0 Å². The smallest absolute Gasteiger partial charge is 0.410 e. The number of esters is 1. The Bertz CT molecular complexity index is 1790. The van der Waals surface area contributed by atoms with Crippen LogP contribution in [-0.2, 0) is 15.9 Å². The molecule has 0 aliphatic carbocycles. The second-order valence-corrected chi connectivity index (χ2v) is 11.6. The first-order valence-corrected chi connectivity index (χ1v) is 13.8. The third-order valence-electron chi connectivity index (χ3n) is 7.38. The third-order valence-corrected chi connectivity index (χ3v) is 7.38. The lowest BCUT2D eigenvalue weighted by Gasteiger charge is -2.34. The van der Waals surface area contributed by atoms with Crippen molar-refractivity contribution in [2.45, 2.75) is 59.6 Å². The van der Waals surface area contributed by atoms with E-state index in [0.717, 1.165) is 13.2 Å². The maximum absolute atomic E-state index is 14.8. The molecule has 12 heteroatoms. The molecule has 1 amide bonds. The van der Waals surface area contributed by atoms with E-state index < -0.39 is 35.2 Å². The number of aromatic nitrogens is 4. The van der Waals surface area contributed by atoms with Gasteiger partial charge < -0.3 is 14.4 Å². The van der Waals surface area contributed by atoms with Gasteiger partial charge in [-0.1, -0.05) is 0 Å². The summed E-state index contributed by atoms with van der Waals surface area (Å²) in [6, 6.07) is 6.51. The zero-order valence-electron chi connectivity index (χ0n) is 25.1. The number of halogens is 2. The number of amides is 1. The van der Waals surface area contributed by atoms with Crippen molar-refractivity contribution in [3.8, 4) is 17.2 Å². The molecule has 226 valence electrons. The Morgan fingerprint density at radius 3 is 2.26 bits per heavy atom. The average Bonchev–Trinajstić information content (AvgIpc) is 3.50. The van der Waals surface area contributed by atoms with Gasteiger partial charge in [-0.3, -0.25) is 9.13 Å². The predicted octanol–water partition coefficient (Wildman–Crippen LogP) is 5.35. The number of nitrogens with zero attached hydrogens (tertiary/aromatic N) is 5. The van der Waals surface area contributed by atoms with Crippen LogP contribution in [0, 0.1) is 25.5 Å². The summed E-state index contributed by atoms with van der Waals surface area (Å²) in [6.07, 6.45) is 2.89. The van der Waals surface area contributed by atoms with Crippen molar-refractivity contribution in [1.82, 2.24) is 23.8 Å². The summed E-state index contributed by atoms with van der Waals surface area (Å²) in [5.41, 5.74) is 1.32. The molecule has 0 saturated heterocycles. The number of carbonyl (C=O) groups is 2. The second-order valence-electron chi connectivity index (χ2n) is 11.6. The lowest BCUT2D eigenvalue weighted by Crippen LogP contribution is -2.42. The number of rotatable bonds is 4. The van der Waals surface area contributed by atoms with E-state index in [1.807, 2.05) is 6.92 Å². The van der Waals surface area contributed by atoms with E-state index >= 15 is 0 Å². The first-order chi connectivity index (χ1) is 20.2. The summed E-state index contributed by atoms with van der Waals surface area (Å²) in [7, 11) is 1.15. The maximum atomic E-state index is 14.8. The van der Waals surface area contributed by atoms with Crippen LogP contribution in [0.4, 0.5) is 13.6 Å². The minimum absolute atomic E-state index is 0.186. The number of aryl methyl sites for hydroxylation is 2. The van der Waals surface area contributed by atoms with E-state index in [1.165, 1.54) is 33.7 Å². The lowest BCUT2D eigenvalue weighted by molar-refractivity contribution is 0.0159. The van der Waals surface area contributed by atoms with Gasteiger partial charge in [-0.15, -0.1) is 0 Å². The van der Waals surface area contributed by atoms with Crippen molar-refractivity contribution in [3.63, 3.8) is 0 Å². The van der Waals surface area contributed by atoms with Crippen LogP contribution in [0.1, 0.15) is 66.5 Å². The maximum Gasteiger partial charge on any atom is 0.410 e. The molecule has 43 heavy (non-hydrogen) atoms. The van der Waals surface area contributed by atoms with Crippen LogP contribution >= 0.6 is 0 Å². The molecule has 0 unspecified atom stereocenters. The molecule has 0 radical (unpaired) electrons. The van der Waals surface area contributed by atoms with Crippen molar-refractivity contribution in [1.29, 1.82) is 0 Å². The van der Waals surface area contributed by atoms with E-state index in [4.69, 9.17) is 9.84 Å². The van der Waals surface area contributed by atoms with Crippen LogP contribution in [0.25, 0.3) is 17.2 Å². The summed E-state index contributed by atoms with van der Waals surface area (Å²) >= 11 is 0. The lowest BCUT2D eigenvalue weighted by atomic mass is 10.00. The summed E-state index contributed by atoms with van der Waals surface area (Å²) in [5.74, 6) is -1.66. The molecule has 10 nitrogen and oxygen atoms in total. The van der Waals surface area contributed by atoms with E-state index in [9.17, 15) is 23.2 Å². The van der Waals surface area contributed by atoms with Crippen LogP contribution in [0.2, 0.25) is 0 Å². The number of carbonyl (C=O) groups excluding carboxylic acids is 2. The van der Waals surface area contributed by atoms with Crippen LogP contribution in [0.5, 0.6) is 0 Å². The topological polar surface area (TPSA) is 101 Å². The molecule has 2 aromatic heterocycles. The molecule has 0 saturated carbocycles. The number of benzene rings is 2. The molecule has 0 spiro atoms. The van der Waals surface area contributed by atoms with Crippen LogP contribution < -0.4 is 5.69 Å². The molecule has 3 heterocycles. The Kier molecular flexibility index (Phi) is 7.49. The van der Waals surface area contributed by atoms with Crippen molar-refractivity contribution in [2.24, 2.45) is 0 Å². The zero-order chi connectivity index (χ0) is 31.4. The van der Waals surface area contributed by atoms with Gasteiger partial charge >= 0.3 is 17.8 Å². The first kappa shape index (κ1) is 29.7. The van der Waals surface area contributed by atoms with E-state index in [0.29, 0.717) is 46.9 Å². The number of methoxy groups -OCH3 is 1. The van der Waals surface area contributed by atoms with Gasteiger partial charge in [-0.25, -0.2) is 27.8 Å². The average molecular weight is 594 g/mol. The molecule has 0 bridgehead atoms. The van der Waals surface area contributed by atoms with Crippen LogP contribution in [0.3, 0.4) is 0 Å². The fourth-order valence-electron chi connectivity index (χ4n) is 5.34. The van der Waals surface area contributed by atoms with Crippen LogP contribution in [0.15, 0.2) is 47.5 Å². The Morgan fingerprint density at radius 1 is 1.00 bits per heavy atom. The van der Waals surface area contributed by atoms with Gasteiger partial charge in [0.1, 0.15) is 23.1 Å². The molecule has 0 N–H and O–H groups in total. The highest BCUT2D eigenvalue weighted by Gasteiger charge is 2.37. The number of hydrogen-bond acceptors (Lipinski definition) is 6. The van der Waals surface area contributed by atoms with Gasteiger partial charge in [0.15, 0.2) is 0 Å². The summed E-state index contributed by atoms with van der Waals surface area (Å²) in [5, 5.41) is 4.84. The van der Waals surface area contributed by atoms with E-state index in [2.05, 4.69) is 4.74 Å². The number of fused-ring (bicyclic) bond motifs is 1. The molecule has 2 aromatic carbocycles. The monoisotopic (exact) mass is 593 g/mol. The number of hydrogen-bond donors (Lipinski definition) is 0. The van der Waals surface area contributed by atoms with Crippen molar-refractivity contribution in [3.05, 3.63) is 92.8 Å². The molecule has 4 aromatic rings. The molecular formula is C31H33F2N5O5. The quantitative estimate of drug-likeness (QED) is 0.296. The SMILES string of the molecule is COC(=O)c1ccc(-n2ccn(-c3c4c(nn3-c3cc(C)c(F)c(C)c3)CCN(C(=O)OC(C)(C)C)[C@H]4C)c2=O)cc1F. The van der Waals surface area contributed by atoms with Gasteiger partial charge in [-0.2, -0.15) is 5.10 Å². The number of imidazole rings is 1. The summed E-state index contributed by atoms with van der Waals surface area (Å²) in [4.78, 5) is 40.5. The highest BCUT2D eigenvalue weighted by molar-refractivity contribution is 5.89. The normalized spacial score (nSPS) is 14.9. The molecule has 1 aliphatic heterocycles. The van der Waals surface area contributed by atoms with E-state index in [-0.39, 0.29) is 17.1 Å². The van der Waals surface area contributed by atoms with Gasteiger partial charge in [0.05, 0.1) is 35.8 Å². The Morgan fingerprint density at radius 2 is 1.65 bits per heavy atom. The highest BCUT2D eigenvalue weighted by Crippen LogP contribution is 2.36. The van der Waals surface area contributed by atoms with Gasteiger partial charge in [0.25, 0.3) is 0 Å². The highest BCUT2D eigenvalue weighted by atomic mass is 19.1. The fourth-order valence-corrected chi connectivity index (χ4v) is 5.34. The molecule has 0 fully saturated rings. The number of ether oxygens (including phenoxy) is 2. The molecular weight excluding hydrogens is 560 g/mol. The summed E-state index contributed by atoms with van der Waals surface area (Å²) < 4.78 is 43.8. The molecule has 5 rings (SSSR count). The van der Waals surface area contributed by atoms with E-state index in [1.54, 1.807) is 56.3 Å². The van der Waals surface area contributed by atoms with Gasteiger partial charge in [0, 0.05) is 30.9 Å². The third kappa shape index (κ3) is 5.33. The minimum Gasteiger partial charge on any atom is -0.465 e. The van der Waals surface area contributed by atoms with Crippen LogP contribution in [-0.4, -0.2) is 55.1 Å². The Labute approximate surface area is 247 Å². The summed E-state index contributed by atoms with van der Waals surface area (Å²) in [6.45, 7) is 10.8. The molecule has 1 atom stereocenters. The molecule has 1 aliphatic rings. The van der Waals surface area contributed by atoms with Crippen molar-refractivity contribution in [2.75, 3.05) is 13.7 Å². The van der Waals surface area contributed by atoms with Crippen molar-refractivity contribution >= 4 is 12.1 Å². The predicted molar refractivity (Wildman–Crippen MR) is 154 cm³/mol. The second kappa shape index (κ2) is 10.8. The standard InChI is InChI=1S/C31H33F2N5O5/c1-17-14-21(15-18(2)26(17)33)38-27(25-19(3)35(11-10-24(25)34-38)30(41)43-31(4,5)6)37-13-12-36(29(37)40)20-8-9-22(23(32)16-20)28(39)42-7/h8-9,12-16,19H,10-11H2,1-7H3/t19-/m0/s1. The largest absolute Gasteiger partial charge is 0.465 e. The zero-order valence-corrected chi connectivity index (χ0v) is 25.1.